The largest absolute Gasteiger partial charge is 0.481 e. The van der Waals surface area contributed by atoms with Crippen molar-refractivity contribution in [3.63, 3.8) is 0 Å². The van der Waals surface area contributed by atoms with Crippen LogP contribution in [0.15, 0.2) is 11.6 Å². The fourth-order valence-electron chi connectivity index (χ4n) is 3.45. The zero-order chi connectivity index (χ0) is 16.3. The zero-order valence-corrected chi connectivity index (χ0v) is 14.5. The number of carboxylic acid groups (broad SMARTS) is 1. The van der Waals surface area contributed by atoms with Crippen LogP contribution in [-0.4, -0.2) is 22.8 Å². The lowest BCUT2D eigenvalue weighted by Gasteiger charge is -2.44. The van der Waals surface area contributed by atoms with Crippen molar-refractivity contribution in [3.8, 4) is 0 Å². The number of allylic oxidation sites excluding steroid dienone is 1. The first kappa shape index (κ1) is 18.2. The summed E-state index contributed by atoms with van der Waals surface area (Å²) < 4.78 is 6.24. The van der Waals surface area contributed by atoms with Crippen LogP contribution in [0.5, 0.6) is 0 Å². The molecule has 0 unspecified atom stereocenters. The van der Waals surface area contributed by atoms with Gasteiger partial charge in [-0.05, 0) is 57.9 Å². The van der Waals surface area contributed by atoms with Gasteiger partial charge in [0.15, 0.2) is 0 Å². The first-order chi connectivity index (χ1) is 9.62. The monoisotopic (exact) mass is 296 g/mol. The van der Waals surface area contributed by atoms with Gasteiger partial charge < -0.3 is 9.84 Å². The van der Waals surface area contributed by atoms with E-state index in [1.54, 1.807) is 0 Å². The molecular weight excluding hydrogens is 264 g/mol. The molecule has 1 atom stereocenters. The van der Waals surface area contributed by atoms with Crippen molar-refractivity contribution in [2.24, 2.45) is 11.3 Å². The van der Waals surface area contributed by atoms with Crippen LogP contribution >= 0.6 is 0 Å². The van der Waals surface area contributed by atoms with E-state index in [2.05, 4.69) is 33.8 Å². The molecule has 0 spiro atoms. The molecule has 1 N–H and O–H groups in total. The van der Waals surface area contributed by atoms with Gasteiger partial charge in [-0.15, -0.1) is 0 Å². The van der Waals surface area contributed by atoms with Gasteiger partial charge in [0.25, 0.3) is 0 Å². The van der Waals surface area contributed by atoms with E-state index in [-0.39, 0.29) is 6.10 Å². The van der Waals surface area contributed by atoms with Crippen LogP contribution in [-0.2, 0) is 9.53 Å². The molecule has 0 heterocycles. The Morgan fingerprint density at radius 2 is 1.90 bits per heavy atom. The smallest absolute Gasteiger partial charge is 0.309 e. The maximum atomic E-state index is 11.5. The zero-order valence-electron chi connectivity index (χ0n) is 14.5. The predicted molar refractivity (Wildman–Crippen MR) is 86.4 cm³/mol. The van der Waals surface area contributed by atoms with Crippen LogP contribution in [0.1, 0.15) is 73.6 Å². The second kappa shape index (κ2) is 6.95. The van der Waals surface area contributed by atoms with Crippen LogP contribution in [0, 0.1) is 11.3 Å². The minimum atomic E-state index is -0.661. The standard InChI is InChI=1S/C18H32O3/c1-7-15(11-13(2)3)14(4)21-17(5,6)12-18(16(19)20)9-8-10-18/h11,13-14H,7-10,12H2,1-6H3,(H,19,20)/b15-11+/t14-/m1/s1. The molecule has 0 amide bonds. The first-order valence-corrected chi connectivity index (χ1v) is 8.24. The lowest BCUT2D eigenvalue weighted by Crippen LogP contribution is -2.45. The summed E-state index contributed by atoms with van der Waals surface area (Å²) in [4.78, 5) is 11.5. The van der Waals surface area contributed by atoms with Crippen molar-refractivity contribution in [2.75, 3.05) is 0 Å². The molecule has 3 nitrogen and oxygen atoms in total. The Balaban J connectivity index is 2.73. The van der Waals surface area contributed by atoms with E-state index < -0.39 is 17.0 Å². The minimum Gasteiger partial charge on any atom is -0.481 e. The van der Waals surface area contributed by atoms with Gasteiger partial charge >= 0.3 is 5.97 Å². The van der Waals surface area contributed by atoms with E-state index in [0.717, 1.165) is 25.7 Å². The average molecular weight is 296 g/mol. The molecule has 0 aromatic carbocycles. The van der Waals surface area contributed by atoms with Gasteiger partial charge in [-0.2, -0.15) is 0 Å². The quantitative estimate of drug-likeness (QED) is 0.654. The maximum absolute atomic E-state index is 11.5. The number of hydrogen-bond acceptors (Lipinski definition) is 2. The number of hydrogen-bond donors (Lipinski definition) is 1. The molecule has 122 valence electrons. The third-order valence-electron chi connectivity index (χ3n) is 4.50. The van der Waals surface area contributed by atoms with Gasteiger partial charge in [0.1, 0.15) is 0 Å². The second-order valence-electron chi connectivity index (χ2n) is 7.47. The van der Waals surface area contributed by atoms with Crippen molar-refractivity contribution in [1.29, 1.82) is 0 Å². The van der Waals surface area contributed by atoms with E-state index in [4.69, 9.17) is 4.74 Å². The van der Waals surface area contributed by atoms with Crippen molar-refractivity contribution in [1.82, 2.24) is 0 Å². The molecule has 1 aliphatic carbocycles. The Labute approximate surface area is 129 Å². The predicted octanol–water partition coefficient (Wildman–Crippen LogP) is 4.81. The summed E-state index contributed by atoms with van der Waals surface area (Å²) in [6.07, 6.45) is 6.46. The summed E-state index contributed by atoms with van der Waals surface area (Å²) >= 11 is 0. The van der Waals surface area contributed by atoms with Crippen LogP contribution < -0.4 is 0 Å². The van der Waals surface area contributed by atoms with Crippen molar-refractivity contribution >= 4 is 5.97 Å². The van der Waals surface area contributed by atoms with Crippen LogP contribution in [0.2, 0.25) is 0 Å². The van der Waals surface area contributed by atoms with Gasteiger partial charge in [-0.25, -0.2) is 0 Å². The lowest BCUT2D eigenvalue weighted by atomic mass is 9.63. The molecule has 0 aliphatic heterocycles. The Morgan fingerprint density at radius 1 is 1.33 bits per heavy atom. The number of aliphatic carboxylic acids is 1. The first-order valence-electron chi connectivity index (χ1n) is 8.24. The lowest BCUT2D eigenvalue weighted by molar-refractivity contribution is -0.164. The molecule has 0 radical (unpaired) electrons. The molecular formula is C18H32O3. The highest BCUT2D eigenvalue weighted by Crippen LogP contribution is 2.48. The fourth-order valence-corrected chi connectivity index (χ4v) is 3.45. The van der Waals surface area contributed by atoms with Gasteiger partial charge in [-0.1, -0.05) is 33.3 Å². The van der Waals surface area contributed by atoms with Gasteiger partial charge in [0.2, 0.25) is 0 Å². The van der Waals surface area contributed by atoms with Crippen LogP contribution in [0.4, 0.5) is 0 Å². The highest BCUT2D eigenvalue weighted by Gasteiger charge is 2.48. The Bertz CT molecular complexity index is 389. The van der Waals surface area contributed by atoms with E-state index in [1.807, 2.05) is 13.8 Å². The summed E-state index contributed by atoms with van der Waals surface area (Å²) in [5, 5.41) is 9.49. The molecule has 1 fully saturated rings. The third kappa shape index (κ3) is 4.84. The summed E-state index contributed by atoms with van der Waals surface area (Å²) in [6.45, 7) is 12.6. The van der Waals surface area contributed by atoms with E-state index >= 15 is 0 Å². The molecule has 3 heteroatoms. The Kier molecular flexibility index (Phi) is 6.03. The summed E-state index contributed by atoms with van der Waals surface area (Å²) in [5.41, 5.74) is 0.331. The number of carboxylic acids is 1. The molecule has 0 bridgehead atoms. The van der Waals surface area contributed by atoms with E-state index in [1.165, 1.54) is 5.57 Å². The molecule has 0 saturated heterocycles. The molecule has 0 aromatic heterocycles. The topological polar surface area (TPSA) is 46.5 Å². The van der Waals surface area contributed by atoms with Gasteiger partial charge in [0.05, 0.1) is 17.1 Å². The molecule has 0 aromatic rings. The second-order valence-corrected chi connectivity index (χ2v) is 7.47. The third-order valence-corrected chi connectivity index (χ3v) is 4.50. The normalized spacial score (nSPS) is 20.2. The maximum Gasteiger partial charge on any atom is 0.309 e. The van der Waals surface area contributed by atoms with Crippen molar-refractivity contribution in [3.05, 3.63) is 11.6 Å². The molecule has 1 aliphatic rings. The van der Waals surface area contributed by atoms with E-state index in [0.29, 0.717) is 12.3 Å². The Hall–Kier alpha value is -0.830. The summed E-state index contributed by atoms with van der Waals surface area (Å²) in [6, 6.07) is 0. The minimum absolute atomic E-state index is 0.0401. The molecule has 1 saturated carbocycles. The number of carbonyl (C=O) groups is 1. The molecule has 1 rings (SSSR count). The highest BCUT2D eigenvalue weighted by atomic mass is 16.5. The van der Waals surface area contributed by atoms with E-state index in [9.17, 15) is 9.90 Å². The highest BCUT2D eigenvalue weighted by molar-refractivity contribution is 5.75. The number of ether oxygens (including phenoxy) is 1. The molecule has 21 heavy (non-hydrogen) atoms. The van der Waals surface area contributed by atoms with Crippen molar-refractivity contribution < 1.29 is 14.6 Å². The fraction of sp³-hybridized carbons (Fsp3) is 0.833. The average Bonchev–Trinajstić information content (AvgIpc) is 2.29. The van der Waals surface area contributed by atoms with Crippen LogP contribution in [0.25, 0.3) is 0 Å². The van der Waals surface area contributed by atoms with Crippen LogP contribution in [0.3, 0.4) is 0 Å². The Morgan fingerprint density at radius 3 is 2.24 bits per heavy atom. The summed E-state index contributed by atoms with van der Waals surface area (Å²) in [7, 11) is 0. The van der Waals surface area contributed by atoms with Gasteiger partial charge in [-0.3, -0.25) is 4.79 Å². The summed E-state index contributed by atoms with van der Waals surface area (Å²) in [5.74, 6) is -0.155. The van der Waals surface area contributed by atoms with Gasteiger partial charge in [0, 0.05) is 0 Å². The SMILES string of the molecule is CC/C(=C\C(C)C)[C@@H](C)OC(C)(C)CC1(C(=O)O)CCC1. The number of rotatable bonds is 8. The van der Waals surface area contributed by atoms with Crippen molar-refractivity contribution in [2.45, 2.75) is 85.4 Å².